The topological polar surface area (TPSA) is 87.5 Å². The molecule has 6 nitrogen and oxygen atoms in total. The van der Waals surface area contributed by atoms with Crippen LogP contribution in [-0.2, 0) is 19.6 Å². The summed E-state index contributed by atoms with van der Waals surface area (Å²) in [4.78, 5) is 11.7. The molecule has 0 aromatic carbocycles. The second-order valence-electron chi connectivity index (χ2n) is 3.62. The Morgan fingerprint density at radius 1 is 1.60 bits per heavy atom. The molecule has 0 bridgehead atoms. The molecule has 0 atom stereocenters. The van der Waals surface area contributed by atoms with Gasteiger partial charge in [0.2, 0.25) is 0 Å². The third-order valence-electron chi connectivity index (χ3n) is 2.23. The van der Waals surface area contributed by atoms with Crippen LogP contribution in [0.2, 0.25) is 0 Å². The SMILES string of the molecule is C=CCN(CC(=O)OCC)S(=O)(=O)c1ccc(C#N)s1. The van der Waals surface area contributed by atoms with Crippen LogP contribution in [-0.4, -0.2) is 38.4 Å². The molecule has 20 heavy (non-hydrogen) atoms. The Morgan fingerprint density at radius 2 is 2.30 bits per heavy atom. The number of nitriles is 1. The maximum Gasteiger partial charge on any atom is 0.321 e. The van der Waals surface area contributed by atoms with Gasteiger partial charge < -0.3 is 4.74 Å². The second kappa shape index (κ2) is 7.19. The number of ether oxygens (including phenoxy) is 1. The van der Waals surface area contributed by atoms with Crippen molar-refractivity contribution in [3.63, 3.8) is 0 Å². The molecular weight excluding hydrogens is 300 g/mol. The lowest BCUT2D eigenvalue weighted by atomic mass is 10.5. The highest BCUT2D eigenvalue weighted by molar-refractivity contribution is 7.91. The van der Waals surface area contributed by atoms with Crippen LogP contribution in [0.5, 0.6) is 0 Å². The van der Waals surface area contributed by atoms with Crippen molar-refractivity contribution in [1.29, 1.82) is 5.26 Å². The second-order valence-corrected chi connectivity index (χ2v) is 6.87. The van der Waals surface area contributed by atoms with Crippen molar-refractivity contribution in [2.45, 2.75) is 11.1 Å². The van der Waals surface area contributed by atoms with Gasteiger partial charge in [0.25, 0.3) is 10.0 Å². The minimum atomic E-state index is -3.84. The molecule has 0 fully saturated rings. The van der Waals surface area contributed by atoms with Gasteiger partial charge in [-0.3, -0.25) is 4.79 Å². The molecular formula is C12H14N2O4S2. The zero-order valence-electron chi connectivity index (χ0n) is 10.9. The van der Waals surface area contributed by atoms with Crippen molar-refractivity contribution < 1.29 is 17.9 Å². The van der Waals surface area contributed by atoms with Crippen LogP contribution < -0.4 is 0 Å². The van der Waals surface area contributed by atoms with Crippen LogP contribution in [0.25, 0.3) is 0 Å². The Hall–Kier alpha value is -1.69. The van der Waals surface area contributed by atoms with E-state index in [1.165, 1.54) is 18.2 Å². The van der Waals surface area contributed by atoms with Gasteiger partial charge in [0.05, 0.1) is 6.61 Å². The maximum absolute atomic E-state index is 12.4. The highest BCUT2D eigenvalue weighted by Gasteiger charge is 2.27. The highest BCUT2D eigenvalue weighted by Crippen LogP contribution is 2.24. The smallest absolute Gasteiger partial charge is 0.321 e. The van der Waals surface area contributed by atoms with Crippen molar-refractivity contribution in [2.75, 3.05) is 19.7 Å². The fourth-order valence-electron chi connectivity index (χ4n) is 1.39. The molecule has 0 aliphatic carbocycles. The number of thiophene rings is 1. The lowest BCUT2D eigenvalue weighted by Gasteiger charge is -2.18. The first kappa shape index (κ1) is 16.4. The molecule has 0 N–H and O–H groups in total. The van der Waals surface area contributed by atoms with Gasteiger partial charge in [0.15, 0.2) is 0 Å². The molecule has 0 radical (unpaired) electrons. The van der Waals surface area contributed by atoms with Crippen molar-refractivity contribution in [1.82, 2.24) is 4.31 Å². The number of esters is 1. The normalized spacial score (nSPS) is 11.1. The highest BCUT2D eigenvalue weighted by atomic mass is 32.2. The predicted molar refractivity (Wildman–Crippen MR) is 74.6 cm³/mol. The quantitative estimate of drug-likeness (QED) is 0.560. The molecule has 1 aromatic rings. The number of carbonyl (C=O) groups excluding carboxylic acids is 1. The van der Waals surface area contributed by atoms with Crippen LogP contribution in [0.1, 0.15) is 11.8 Å². The number of hydrogen-bond acceptors (Lipinski definition) is 6. The Kier molecular flexibility index (Phi) is 5.88. The first-order chi connectivity index (χ1) is 9.45. The number of rotatable bonds is 7. The third-order valence-corrected chi connectivity index (χ3v) is 5.50. The molecule has 1 rings (SSSR count). The summed E-state index contributed by atoms with van der Waals surface area (Å²) in [6.07, 6.45) is 1.38. The third kappa shape index (κ3) is 3.90. The van der Waals surface area contributed by atoms with E-state index < -0.39 is 16.0 Å². The number of hydrogen-bond donors (Lipinski definition) is 0. The Balaban J connectivity index is 3.02. The van der Waals surface area contributed by atoms with E-state index in [-0.39, 0.29) is 23.9 Å². The van der Waals surface area contributed by atoms with E-state index >= 15 is 0 Å². The Labute approximate surface area is 121 Å². The van der Waals surface area contributed by atoms with Gasteiger partial charge in [-0.1, -0.05) is 6.08 Å². The van der Waals surface area contributed by atoms with Gasteiger partial charge in [0, 0.05) is 6.54 Å². The Morgan fingerprint density at radius 3 is 2.80 bits per heavy atom. The fourth-order valence-corrected chi connectivity index (χ4v) is 4.00. The maximum atomic E-state index is 12.4. The molecule has 0 saturated carbocycles. The van der Waals surface area contributed by atoms with Gasteiger partial charge in [-0.25, -0.2) is 8.42 Å². The lowest BCUT2D eigenvalue weighted by molar-refractivity contribution is -0.143. The summed E-state index contributed by atoms with van der Waals surface area (Å²) in [6, 6.07) is 4.65. The summed E-state index contributed by atoms with van der Waals surface area (Å²) in [6.45, 7) is 4.90. The van der Waals surface area contributed by atoms with E-state index in [2.05, 4.69) is 6.58 Å². The first-order valence-electron chi connectivity index (χ1n) is 5.72. The van der Waals surface area contributed by atoms with E-state index in [1.807, 2.05) is 6.07 Å². The summed E-state index contributed by atoms with van der Waals surface area (Å²) < 4.78 is 30.5. The first-order valence-corrected chi connectivity index (χ1v) is 7.98. The molecule has 0 amide bonds. The van der Waals surface area contributed by atoms with Gasteiger partial charge in [0.1, 0.15) is 21.7 Å². The minimum Gasteiger partial charge on any atom is -0.465 e. The molecule has 8 heteroatoms. The summed E-state index contributed by atoms with van der Waals surface area (Å²) in [5.41, 5.74) is 0. The van der Waals surface area contributed by atoms with Crippen LogP contribution in [0.15, 0.2) is 29.0 Å². The fraction of sp³-hybridized carbons (Fsp3) is 0.333. The van der Waals surface area contributed by atoms with Gasteiger partial charge >= 0.3 is 5.97 Å². The van der Waals surface area contributed by atoms with Crippen LogP contribution >= 0.6 is 11.3 Å². The number of carbonyl (C=O) groups is 1. The largest absolute Gasteiger partial charge is 0.465 e. The summed E-state index contributed by atoms with van der Waals surface area (Å²) in [5, 5.41) is 8.74. The predicted octanol–water partition coefficient (Wildman–Crippen LogP) is 1.36. The number of nitrogens with zero attached hydrogens (tertiary/aromatic N) is 2. The number of sulfonamides is 1. The average Bonchev–Trinajstić information content (AvgIpc) is 2.88. The average molecular weight is 314 g/mol. The monoisotopic (exact) mass is 314 g/mol. The standard InChI is InChI=1S/C12H14N2O4S2/c1-3-7-14(9-11(15)18-4-2)20(16,17)12-6-5-10(8-13)19-12/h3,5-6H,1,4,7,9H2,2H3. The van der Waals surface area contributed by atoms with Crippen molar-refractivity contribution in [3.05, 3.63) is 29.7 Å². The Bertz CT molecular complexity index is 628. The molecule has 0 aliphatic rings. The molecule has 0 aliphatic heterocycles. The van der Waals surface area contributed by atoms with Crippen LogP contribution in [0.4, 0.5) is 0 Å². The summed E-state index contributed by atoms with van der Waals surface area (Å²) in [5.74, 6) is -0.630. The van der Waals surface area contributed by atoms with E-state index in [9.17, 15) is 13.2 Å². The molecule has 108 valence electrons. The van der Waals surface area contributed by atoms with Crippen molar-refractivity contribution in [3.8, 4) is 6.07 Å². The van der Waals surface area contributed by atoms with E-state index in [4.69, 9.17) is 10.00 Å². The lowest BCUT2D eigenvalue weighted by Crippen LogP contribution is -2.36. The molecule has 1 heterocycles. The molecule has 0 saturated heterocycles. The van der Waals surface area contributed by atoms with Crippen LogP contribution in [0, 0.1) is 11.3 Å². The van der Waals surface area contributed by atoms with E-state index in [0.717, 1.165) is 15.6 Å². The molecule has 0 unspecified atom stereocenters. The zero-order valence-corrected chi connectivity index (χ0v) is 12.5. The molecule has 0 spiro atoms. The van der Waals surface area contributed by atoms with E-state index in [0.29, 0.717) is 4.88 Å². The summed E-state index contributed by atoms with van der Waals surface area (Å²) in [7, 11) is -3.84. The minimum absolute atomic E-state index is 0.0130. The van der Waals surface area contributed by atoms with Crippen molar-refractivity contribution >= 4 is 27.3 Å². The van der Waals surface area contributed by atoms with Gasteiger partial charge in [-0.05, 0) is 19.1 Å². The summed E-state index contributed by atoms with van der Waals surface area (Å²) >= 11 is 0.857. The molecule has 1 aromatic heterocycles. The zero-order chi connectivity index (χ0) is 15.2. The van der Waals surface area contributed by atoms with E-state index in [1.54, 1.807) is 6.92 Å². The van der Waals surface area contributed by atoms with Gasteiger partial charge in [-0.2, -0.15) is 9.57 Å². The van der Waals surface area contributed by atoms with Crippen molar-refractivity contribution in [2.24, 2.45) is 0 Å². The van der Waals surface area contributed by atoms with Crippen LogP contribution in [0.3, 0.4) is 0 Å². The van der Waals surface area contributed by atoms with Gasteiger partial charge in [-0.15, -0.1) is 17.9 Å².